The molecule has 1 fully saturated rings. The lowest BCUT2D eigenvalue weighted by atomic mass is 10.0. The molecule has 2 amide bonds. The number of benzene rings is 1. The fourth-order valence-corrected chi connectivity index (χ4v) is 2.94. The summed E-state index contributed by atoms with van der Waals surface area (Å²) < 4.78 is 5.32. The highest BCUT2D eigenvalue weighted by Gasteiger charge is 2.29. The van der Waals surface area contributed by atoms with E-state index in [2.05, 4.69) is 11.4 Å². The van der Waals surface area contributed by atoms with Gasteiger partial charge < -0.3 is 15.0 Å². The standard InChI is InChI=1S/C20H27N3O3/c1-20(2,3)26-19(25)22-17(18(24)23-11-5-4-6-12-23)13-15-7-9-16(14-21)10-8-15/h7-10,17H,4-6,11-13H2,1-3H3,(H,22,25). The van der Waals surface area contributed by atoms with Crippen molar-refractivity contribution in [2.45, 2.75) is 58.1 Å². The number of piperidine rings is 1. The summed E-state index contributed by atoms with van der Waals surface area (Å²) in [5.74, 6) is -0.0834. The van der Waals surface area contributed by atoms with E-state index in [4.69, 9.17) is 10.00 Å². The van der Waals surface area contributed by atoms with Crippen molar-refractivity contribution in [2.75, 3.05) is 13.1 Å². The molecule has 0 bridgehead atoms. The molecule has 6 heteroatoms. The Morgan fingerprint density at radius 3 is 2.35 bits per heavy atom. The average molecular weight is 357 g/mol. The van der Waals surface area contributed by atoms with E-state index in [1.165, 1.54) is 0 Å². The van der Waals surface area contributed by atoms with Crippen molar-refractivity contribution in [3.63, 3.8) is 0 Å². The first-order chi connectivity index (χ1) is 12.3. The molecule has 0 aromatic heterocycles. The van der Waals surface area contributed by atoms with E-state index in [1.807, 2.05) is 17.0 Å². The monoisotopic (exact) mass is 357 g/mol. The van der Waals surface area contributed by atoms with Crippen LogP contribution in [0.2, 0.25) is 0 Å². The molecule has 1 saturated heterocycles. The van der Waals surface area contributed by atoms with Gasteiger partial charge in [0.05, 0.1) is 11.6 Å². The zero-order valence-corrected chi connectivity index (χ0v) is 15.7. The number of alkyl carbamates (subject to hydrolysis) is 1. The molecule has 1 aromatic carbocycles. The first-order valence-corrected chi connectivity index (χ1v) is 9.06. The number of hydrogen-bond donors (Lipinski definition) is 1. The van der Waals surface area contributed by atoms with E-state index < -0.39 is 17.7 Å². The Labute approximate surface area is 155 Å². The summed E-state index contributed by atoms with van der Waals surface area (Å²) in [6.45, 7) is 6.80. The minimum atomic E-state index is -0.684. The predicted octanol–water partition coefficient (Wildman–Crippen LogP) is 3.01. The first-order valence-electron chi connectivity index (χ1n) is 9.06. The fraction of sp³-hybridized carbons (Fsp3) is 0.550. The molecule has 6 nitrogen and oxygen atoms in total. The van der Waals surface area contributed by atoms with Gasteiger partial charge in [-0.15, -0.1) is 0 Å². The second kappa shape index (κ2) is 8.70. The van der Waals surface area contributed by atoms with Crippen LogP contribution in [0.25, 0.3) is 0 Å². The summed E-state index contributed by atoms with van der Waals surface area (Å²) in [7, 11) is 0. The van der Waals surface area contributed by atoms with Gasteiger partial charge in [-0.2, -0.15) is 5.26 Å². The molecule has 26 heavy (non-hydrogen) atoms. The molecule has 2 rings (SSSR count). The van der Waals surface area contributed by atoms with Gasteiger partial charge >= 0.3 is 6.09 Å². The molecule has 1 atom stereocenters. The van der Waals surface area contributed by atoms with Crippen molar-refractivity contribution in [1.29, 1.82) is 5.26 Å². The summed E-state index contributed by atoms with van der Waals surface area (Å²) in [6, 6.07) is 8.44. The molecule has 140 valence electrons. The van der Waals surface area contributed by atoms with Crippen LogP contribution in [0.3, 0.4) is 0 Å². The number of hydrogen-bond acceptors (Lipinski definition) is 4. The van der Waals surface area contributed by atoms with Gasteiger partial charge in [0.25, 0.3) is 0 Å². The number of nitrogens with one attached hydrogen (secondary N) is 1. The quantitative estimate of drug-likeness (QED) is 0.898. The van der Waals surface area contributed by atoms with Gasteiger partial charge in [0.2, 0.25) is 5.91 Å². The number of amides is 2. The van der Waals surface area contributed by atoms with E-state index in [9.17, 15) is 9.59 Å². The highest BCUT2D eigenvalue weighted by atomic mass is 16.6. The summed E-state index contributed by atoms with van der Waals surface area (Å²) in [4.78, 5) is 26.9. The Morgan fingerprint density at radius 2 is 1.81 bits per heavy atom. The highest BCUT2D eigenvalue weighted by Crippen LogP contribution is 2.14. The van der Waals surface area contributed by atoms with Gasteiger partial charge in [-0.25, -0.2) is 4.79 Å². The fourth-order valence-electron chi connectivity index (χ4n) is 2.94. The van der Waals surface area contributed by atoms with Crippen LogP contribution in [-0.4, -0.2) is 41.6 Å². The molecule has 0 aliphatic carbocycles. The molecular formula is C20H27N3O3. The second-order valence-corrected chi connectivity index (χ2v) is 7.60. The number of carbonyl (C=O) groups is 2. The molecule has 1 aliphatic heterocycles. The first kappa shape index (κ1) is 19.8. The lowest BCUT2D eigenvalue weighted by Gasteiger charge is -2.31. The van der Waals surface area contributed by atoms with E-state index in [0.717, 1.165) is 37.9 Å². The van der Waals surface area contributed by atoms with Crippen LogP contribution in [0.5, 0.6) is 0 Å². The van der Waals surface area contributed by atoms with Crippen molar-refractivity contribution >= 4 is 12.0 Å². The number of ether oxygens (including phenoxy) is 1. The second-order valence-electron chi connectivity index (χ2n) is 7.60. The molecule has 1 unspecified atom stereocenters. The van der Waals surface area contributed by atoms with Gasteiger partial charge in [0, 0.05) is 19.5 Å². The van der Waals surface area contributed by atoms with Crippen LogP contribution < -0.4 is 5.32 Å². The molecule has 1 aromatic rings. The summed E-state index contributed by atoms with van der Waals surface area (Å²) >= 11 is 0. The molecule has 1 aliphatic rings. The van der Waals surface area contributed by atoms with Crippen LogP contribution >= 0.6 is 0 Å². The molecule has 1 N–H and O–H groups in total. The topological polar surface area (TPSA) is 82.4 Å². The summed E-state index contributed by atoms with van der Waals surface area (Å²) in [5, 5.41) is 11.6. The Bertz CT molecular complexity index is 665. The van der Waals surface area contributed by atoms with Crippen LogP contribution in [-0.2, 0) is 16.0 Å². The molecular weight excluding hydrogens is 330 g/mol. The van der Waals surface area contributed by atoms with Gasteiger partial charge in [-0.3, -0.25) is 4.79 Å². The maximum absolute atomic E-state index is 12.9. The van der Waals surface area contributed by atoms with Gasteiger partial charge in [-0.1, -0.05) is 12.1 Å². The van der Waals surface area contributed by atoms with E-state index >= 15 is 0 Å². The highest BCUT2D eigenvalue weighted by molar-refractivity contribution is 5.86. The number of nitriles is 1. The molecule has 0 saturated carbocycles. The van der Waals surface area contributed by atoms with E-state index in [1.54, 1.807) is 32.9 Å². The minimum Gasteiger partial charge on any atom is -0.444 e. The third kappa shape index (κ3) is 6.07. The third-order valence-electron chi connectivity index (χ3n) is 4.18. The van der Waals surface area contributed by atoms with Crippen LogP contribution in [0, 0.1) is 11.3 Å². The number of carbonyl (C=O) groups excluding carboxylic acids is 2. The normalized spacial score (nSPS) is 15.7. The minimum absolute atomic E-state index is 0.0834. The summed E-state index contributed by atoms with van der Waals surface area (Å²) in [6.07, 6.45) is 2.87. The van der Waals surface area contributed by atoms with Gasteiger partial charge in [0.1, 0.15) is 11.6 Å². The lowest BCUT2D eigenvalue weighted by Crippen LogP contribution is -2.51. The number of likely N-dealkylation sites (tertiary alicyclic amines) is 1. The smallest absolute Gasteiger partial charge is 0.408 e. The maximum atomic E-state index is 12.9. The van der Waals surface area contributed by atoms with Crippen molar-refractivity contribution in [2.24, 2.45) is 0 Å². The molecule has 1 heterocycles. The van der Waals surface area contributed by atoms with E-state index in [0.29, 0.717) is 12.0 Å². The van der Waals surface area contributed by atoms with Crippen LogP contribution in [0.1, 0.15) is 51.2 Å². The van der Waals surface area contributed by atoms with Gasteiger partial charge in [0.15, 0.2) is 0 Å². The Hall–Kier alpha value is -2.55. The van der Waals surface area contributed by atoms with Gasteiger partial charge in [-0.05, 0) is 57.7 Å². The number of nitrogens with zero attached hydrogens (tertiary/aromatic N) is 2. The number of rotatable bonds is 4. The third-order valence-corrected chi connectivity index (χ3v) is 4.18. The van der Waals surface area contributed by atoms with Crippen molar-refractivity contribution < 1.29 is 14.3 Å². The zero-order valence-electron chi connectivity index (χ0n) is 15.7. The summed E-state index contributed by atoms with van der Waals surface area (Å²) in [5.41, 5.74) is 0.820. The van der Waals surface area contributed by atoms with Crippen molar-refractivity contribution in [1.82, 2.24) is 10.2 Å². The maximum Gasteiger partial charge on any atom is 0.408 e. The Balaban J connectivity index is 2.12. The molecule has 0 spiro atoms. The predicted molar refractivity (Wildman–Crippen MR) is 98.4 cm³/mol. The molecule has 0 radical (unpaired) electrons. The van der Waals surface area contributed by atoms with Crippen LogP contribution in [0.4, 0.5) is 4.79 Å². The zero-order chi connectivity index (χ0) is 19.2. The van der Waals surface area contributed by atoms with Crippen molar-refractivity contribution in [3.8, 4) is 6.07 Å². The van der Waals surface area contributed by atoms with E-state index in [-0.39, 0.29) is 5.91 Å². The SMILES string of the molecule is CC(C)(C)OC(=O)NC(Cc1ccc(C#N)cc1)C(=O)N1CCCCC1. The lowest BCUT2D eigenvalue weighted by molar-refractivity contribution is -0.134. The Kier molecular flexibility index (Phi) is 6.62. The van der Waals surface area contributed by atoms with Crippen LogP contribution in [0.15, 0.2) is 24.3 Å². The Morgan fingerprint density at radius 1 is 1.19 bits per heavy atom. The average Bonchev–Trinajstić information content (AvgIpc) is 2.60. The van der Waals surface area contributed by atoms with Crippen molar-refractivity contribution in [3.05, 3.63) is 35.4 Å². The largest absolute Gasteiger partial charge is 0.444 e.